The number of rotatable bonds is 13. The third kappa shape index (κ3) is 17.9. The van der Waals surface area contributed by atoms with Crippen molar-refractivity contribution in [1.82, 2.24) is 44.2 Å². The molecule has 10 aromatic rings. The van der Waals surface area contributed by atoms with Gasteiger partial charge in [0.25, 0.3) is 11.1 Å². The van der Waals surface area contributed by atoms with Gasteiger partial charge in [0.05, 0.1) is 94.4 Å². The van der Waals surface area contributed by atoms with Gasteiger partial charge in [-0.15, -0.1) is 22.7 Å². The first-order chi connectivity index (χ1) is 49.4. The number of benzene rings is 4. The van der Waals surface area contributed by atoms with Gasteiger partial charge in [-0.25, -0.2) is 19.6 Å². The summed E-state index contributed by atoms with van der Waals surface area (Å²) in [4.78, 5) is 77.2. The lowest BCUT2D eigenvalue weighted by Crippen LogP contribution is -2.45. The molecular formula is C74H73BrCl2F6N12O8S2. The number of ether oxygens (including phenoxy) is 4. The summed E-state index contributed by atoms with van der Waals surface area (Å²) >= 11 is 18.4. The number of anilines is 1. The van der Waals surface area contributed by atoms with Gasteiger partial charge >= 0.3 is 24.3 Å². The van der Waals surface area contributed by atoms with E-state index in [4.69, 9.17) is 42.1 Å². The second kappa shape index (κ2) is 31.7. The van der Waals surface area contributed by atoms with Crippen molar-refractivity contribution in [2.45, 2.75) is 106 Å². The van der Waals surface area contributed by atoms with E-state index >= 15 is 0 Å². The van der Waals surface area contributed by atoms with Crippen LogP contribution in [0.15, 0.2) is 85.5 Å². The van der Waals surface area contributed by atoms with Crippen LogP contribution in [-0.2, 0) is 34.9 Å². The lowest BCUT2D eigenvalue weighted by molar-refractivity contribution is -0.138. The van der Waals surface area contributed by atoms with E-state index in [2.05, 4.69) is 53.1 Å². The number of esters is 2. The van der Waals surface area contributed by atoms with Gasteiger partial charge in [-0.1, -0.05) is 23.2 Å². The number of fused-ring (bicyclic) bond motifs is 4. The predicted molar refractivity (Wildman–Crippen MR) is 400 cm³/mol. The van der Waals surface area contributed by atoms with Gasteiger partial charge in [0.2, 0.25) is 0 Å². The van der Waals surface area contributed by atoms with E-state index in [1.54, 1.807) is 102 Å². The van der Waals surface area contributed by atoms with E-state index in [1.165, 1.54) is 63.6 Å². The molecule has 0 bridgehead atoms. The Bertz CT molecular complexity index is 5260. The highest BCUT2D eigenvalue weighted by molar-refractivity contribution is 9.10. The maximum absolute atomic E-state index is 14.4. The van der Waals surface area contributed by atoms with Crippen molar-refractivity contribution < 1.29 is 54.9 Å². The maximum atomic E-state index is 14.4. The summed E-state index contributed by atoms with van der Waals surface area (Å²) in [6.45, 7) is 23.5. The number of aryl methyl sites for hydroxylation is 4. The molecule has 12 rings (SSSR count). The largest absolute Gasteiger partial charge is 0.491 e. The maximum Gasteiger partial charge on any atom is 0.418 e. The highest BCUT2D eigenvalue weighted by Crippen LogP contribution is 2.45. The molecule has 0 atom stereocenters. The number of pyridine rings is 2. The molecule has 6 aromatic heterocycles. The number of piperazine rings is 2. The molecule has 0 unspecified atom stereocenters. The number of likely N-dealkylation sites (N-methyl/N-ethyl adjacent to an activating group) is 2. The summed E-state index contributed by atoms with van der Waals surface area (Å²) in [6.07, 6.45) is -9.53. The number of carbonyl (C=O) groups excluding carboxylic acids is 2. The lowest BCUT2D eigenvalue weighted by atomic mass is 10.00. The fraction of sp³-hybridized carbons (Fsp3) is 0.378. The monoisotopic (exact) mass is 1580 g/mol. The average molecular weight is 1590 g/mol. The molecule has 105 heavy (non-hydrogen) atoms. The molecule has 20 nitrogen and oxygen atoms in total. The van der Waals surface area contributed by atoms with Crippen LogP contribution in [0.4, 0.5) is 32.0 Å². The Morgan fingerprint density at radius 2 is 0.990 bits per heavy atom. The van der Waals surface area contributed by atoms with E-state index in [-0.39, 0.29) is 84.1 Å². The zero-order chi connectivity index (χ0) is 76.5. The SMILES string of the molecule is CN1CCNCC1.Cc1cc(-c2cc(Cl)ccc2OCCn2c(C)nc3cc(C(F)(F)F)c(Br)c(C#N)c3c2=O)c2scc(C(=O)OC(C)(C)C)c2n1.Cc1cc(-c2cc(Cl)ccc2OCCn2c(C)nc3cc(C(F)(F)F)c(N4CCN(C)CC4)c(C#N)c3c2=O)c2scc(C(=O)OC(C)(C)C)c2n1. The summed E-state index contributed by atoms with van der Waals surface area (Å²) in [5, 5.41) is 27.1. The average Bonchev–Trinajstić information content (AvgIpc) is 1.50. The molecule has 0 aliphatic carbocycles. The number of halogens is 9. The smallest absolute Gasteiger partial charge is 0.418 e. The number of alkyl halides is 6. The van der Waals surface area contributed by atoms with E-state index < -0.39 is 67.8 Å². The normalized spacial score (nSPS) is 14.0. The number of hydrogen-bond acceptors (Lipinski definition) is 20. The van der Waals surface area contributed by atoms with Crippen LogP contribution in [0.2, 0.25) is 10.0 Å². The first-order valence-electron chi connectivity index (χ1n) is 33.0. The second-order valence-electron chi connectivity index (χ2n) is 27.1. The summed E-state index contributed by atoms with van der Waals surface area (Å²) in [5.41, 5.74) is -0.626. The first-order valence-corrected chi connectivity index (χ1v) is 36.4. The Morgan fingerprint density at radius 3 is 1.38 bits per heavy atom. The fourth-order valence-electron chi connectivity index (χ4n) is 12.0. The van der Waals surface area contributed by atoms with Crippen LogP contribution < -0.4 is 30.8 Å². The molecule has 2 aliphatic heterocycles. The van der Waals surface area contributed by atoms with Gasteiger partial charge in [-0.3, -0.25) is 28.7 Å². The van der Waals surface area contributed by atoms with Gasteiger partial charge in [-0.05, 0) is 160 Å². The Kier molecular flexibility index (Phi) is 23.8. The molecule has 4 aromatic carbocycles. The second-order valence-corrected chi connectivity index (χ2v) is 30.5. The van der Waals surface area contributed by atoms with Crippen molar-refractivity contribution in [1.29, 1.82) is 10.5 Å². The van der Waals surface area contributed by atoms with E-state index in [0.717, 1.165) is 45.7 Å². The zero-order valence-corrected chi connectivity index (χ0v) is 64.0. The fourth-order valence-corrected chi connectivity index (χ4v) is 15.0. The molecule has 0 radical (unpaired) electrons. The molecule has 31 heteroatoms. The van der Waals surface area contributed by atoms with Crippen LogP contribution in [-0.4, -0.2) is 142 Å². The van der Waals surface area contributed by atoms with Crippen molar-refractivity contribution in [3.63, 3.8) is 0 Å². The topological polar surface area (TPSA) is 236 Å². The molecule has 0 spiro atoms. The highest BCUT2D eigenvalue weighted by Gasteiger charge is 2.40. The van der Waals surface area contributed by atoms with Crippen molar-refractivity contribution in [3.05, 3.63) is 163 Å². The third-order valence-corrected chi connectivity index (χ3v) is 20.2. The molecule has 2 aliphatic rings. The predicted octanol–water partition coefficient (Wildman–Crippen LogP) is 15.8. The van der Waals surface area contributed by atoms with Crippen molar-refractivity contribution in [2.24, 2.45) is 0 Å². The molecule has 2 saturated heterocycles. The molecule has 1 N–H and O–H groups in total. The minimum atomic E-state index is -4.77. The van der Waals surface area contributed by atoms with Gasteiger partial charge < -0.3 is 39.0 Å². The number of aromatic nitrogens is 6. The minimum absolute atomic E-state index is 0.0159. The lowest BCUT2D eigenvalue weighted by Gasteiger charge is -2.36. The minimum Gasteiger partial charge on any atom is -0.491 e. The Hall–Kier alpha value is -8.78. The van der Waals surface area contributed by atoms with Crippen LogP contribution in [0.3, 0.4) is 0 Å². The Morgan fingerprint density at radius 1 is 0.581 bits per heavy atom. The number of nitriles is 2. The molecule has 8 heterocycles. The Labute approximate surface area is 626 Å². The van der Waals surface area contributed by atoms with E-state index in [0.29, 0.717) is 79.3 Å². The molecule has 0 saturated carbocycles. The number of thiophene rings is 2. The molecule has 0 amide bonds. The third-order valence-electron chi connectivity index (χ3n) is 16.9. The van der Waals surface area contributed by atoms with Crippen molar-refractivity contribution in [2.75, 3.05) is 84.6 Å². The standard InChI is InChI=1S/C37H36ClF3N6O4S.C32H25BrClF3N4O4S.C5H12N2/c1-20-15-24(33-31(43-20)26(19-52-33)35(49)51-36(3,4)5)23-16-22(38)7-8-29(23)50-14-13-47-21(2)44-28-17-27(37(39,40)41)32(25(18-42)30(28)34(47)48)46-11-9-45(6)10-12-46;1-15-10-19(28-27(39-15)21(14-46-28)30(43)45-31(3,4)5)18-11-17(34)6-7-24(18)44-9-8-41-16(2)40-23-12-22(32(35,36)37)26(33)20(13-38)25(23)29(41)42;1-7-4-2-6-3-5-7/h7-8,15-17,19H,9-14H2,1-6H3;6-7,10-12,14H,8-9H2,1-5H3;6H,2-5H2,1H3. The van der Waals surface area contributed by atoms with Crippen LogP contribution in [0.1, 0.15) is 108 Å². The zero-order valence-electron chi connectivity index (χ0n) is 59.3. The van der Waals surface area contributed by atoms with Gasteiger partial charge in [0, 0.05) is 111 Å². The van der Waals surface area contributed by atoms with Crippen LogP contribution in [0.5, 0.6) is 11.5 Å². The van der Waals surface area contributed by atoms with E-state index in [1.807, 2.05) is 37.1 Å². The van der Waals surface area contributed by atoms with Crippen molar-refractivity contribution in [3.8, 4) is 45.9 Å². The van der Waals surface area contributed by atoms with Gasteiger partial charge in [0.15, 0.2) is 0 Å². The molecule has 552 valence electrons. The van der Waals surface area contributed by atoms with Crippen LogP contribution >= 0.6 is 61.8 Å². The number of nitrogens with one attached hydrogen (secondary N) is 1. The summed E-state index contributed by atoms with van der Waals surface area (Å²) in [7, 11) is 4.03. The van der Waals surface area contributed by atoms with Crippen LogP contribution in [0.25, 0.3) is 64.5 Å². The summed E-state index contributed by atoms with van der Waals surface area (Å²) in [6, 6.07) is 19.1. The quantitative estimate of drug-likeness (QED) is 0.0834. The van der Waals surface area contributed by atoms with Crippen LogP contribution in [0, 0.1) is 50.4 Å². The first kappa shape index (κ1) is 78.8. The number of carbonyl (C=O) groups is 2. The number of hydrogen-bond donors (Lipinski definition) is 1. The molecular weight excluding hydrogens is 1510 g/mol. The molecule has 2 fully saturated rings. The van der Waals surface area contributed by atoms with E-state index in [9.17, 15) is 56.0 Å². The summed E-state index contributed by atoms with van der Waals surface area (Å²) in [5.74, 6) is 0.209. The Balaban J connectivity index is 0.000000207. The highest BCUT2D eigenvalue weighted by atomic mass is 79.9. The summed E-state index contributed by atoms with van der Waals surface area (Å²) < 4.78 is 111. The van der Waals surface area contributed by atoms with Gasteiger partial charge in [0.1, 0.15) is 59.7 Å². The van der Waals surface area contributed by atoms with Crippen molar-refractivity contribution >= 4 is 122 Å². The van der Waals surface area contributed by atoms with Gasteiger partial charge in [-0.2, -0.15) is 36.9 Å². The number of nitrogens with zero attached hydrogens (tertiary/aromatic N) is 11.